The minimum absolute atomic E-state index is 0. The number of hydrogen-bond donors (Lipinski definition) is 3. The number of guanidine groups is 1. The standard InChI is InChI=1S/C19H27N5O.HI/c1-20-19(21-10-4-12-24-13-5-11-23-24)22-14-17-16-7-3-2-6-15(16)8-9-18(17)25;/h5,8-9,11,13,25H,2-4,6-7,10,12,14H2,1H3,(H2,20,21,22);1H. The van der Waals surface area contributed by atoms with E-state index in [-0.39, 0.29) is 24.0 Å². The molecule has 0 bridgehead atoms. The van der Waals surface area contributed by atoms with Crippen LogP contribution >= 0.6 is 24.0 Å². The molecule has 26 heavy (non-hydrogen) atoms. The summed E-state index contributed by atoms with van der Waals surface area (Å²) >= 11 is 0. The molecule has 1 heterocycles. The summed E-state index contributed by atoms with van der Waals surface area (Å²) in [6.07, 6.45) is 9.33. The van der Waals surface area contributed by atoms with Crippen LogP contribution in [0.1, 0.15) is 36.0 Å². The van der Waals surface area contributed by atoms with Crippen molar-refractivity contribution in [1.29, 1.82) is 0 Å². The Morgan fingerprint density at radius 2 is 2.12 bits per heavy atom. The summed E-state index contributed by atoms with van der Waals surface area (Å²) in [5, 5.41) is 21.1. The highest BCUT2D eigenvalue weighted by molar-refractivity contribution is 14.0. The predicted octanol–water partition coefficient (Wildman–Crippen LogP) is 2.84. The van der Waals surface area contributed by atoms with Crippen molar-refractivity contribution in [2.75, 3.05) is 13.6 Å². The van der Waals surface area contributed by atoms with Crippen molar-refractivity contribution in [3.63, 3.8) is 0 Å². The molecule has 0 radical (unpaired) electrons. The summed E-state index contributed by atoms with van der Waals surface area (Å²) in [6.45, 7) is 2.29. The molecule has 0 aliphatic heterocycles. The fourth-order valence-electron chi connectivity index (χ4n) is 3.36. The fraction of sp³-hybridized carbons (Fsp3) is 0.474. The lowest BCUT2D eigenvalue weighted by atomic mass is 9.88. The van der Waals surface area contributed by atoms with E-state index in [1.165, 1.54) is 24.0 Å². The van der Waals surface area contributed by atoms with Crippen LogP contribution in [0.15, 0.2) is 35.6 Å². The number of aliphatic imine (C=N–C) groups is 1. The lowest BCUT2D eigenvalue weighted by molar-refractivity contribution is 0.464. The Bertz CT molecular complexity index is 715. The summed E-state index contributed by atoms with van der Waals surface area (Å²) in [5.74, 6) is 1.13. The second kappa shape index (κ2) is 10.4. The zero-order valence-corrected chi connectivity index (χ0v) is 17.6. The molecule has 7 heteroatoms. The number of phenolic OH excluding ortho intramolecular Hbond substituents is 1. The van der Waals surface area contributed by atoms with Gasteiger partial charge in [0.1, 0.15) is 5.75 Å². The van der Waals surface area contributed by atoms with Gasteiger partial charge in [-0.05, 0) is 55.4 Å². The third-order valence-corrected chi connectivity index (χ3v) is 4.70. The second-order valence-electron chi connectivity index (χ2n) is 6.38. The van der Waals surface area contributed by atoms with Crippen molar-refractivity contribution in [2.24, 2.45) is 4.99 Å². The molecule has 6 nitrogen and oxygen atoms in total. The largest absolute Gasteiger partial charge is 0.508 e. The summed E-state index contributed by atoms with van der Waals surface area (Å²) in [4.78, 5) is 4.27. The lowest BCUT2D eigenvalue weighted by Gasteiger charge is -2.21. The summed E-state index contributed by atoms with van der Waals surface area (Å²) < 4.78 is 1.92. The van der Waals surface area contributed by atoms with E-state index >= 15 is 0 Å². The average molecular weight is 469 g/mol. The van der Waals surface area contributed by atoms with Crippen molar-refractivity contribution in [3.8, 4) is 5.75 Å². The van der Waals surface area contributed by atoms with Gasteiger partial charge in [0.2, 0.25) is 0 Å². The first-order valence-corrected chi connectivity index (χ1v) is 9.02. The number of aromatic nitrogens is 2. The number of halogens is 1. The zero-order valence-electron chi connectivity index (χ0n) is 15.2. The van der Waals surface area contributed by atoms with Crippen molar-refractivity contribution in [2.45, 2.75) is 45.2 Å². The molecule has 1 aromatic carbocycles. The van der Waals surface area contributed by atoms with Crippen LogP contribution in [0.2, 0.25) is 0 Å². The minimum atomic E-state index is 0. The first kappa shape index (κ1) is 20.5. The maximum absolute atomic E-state index is 10.3. The normalized spacial score (nSPS) is 13.7. The Kier molecular flexibility index (Phi) is 8.21. The number of nitrogens with one attached hydrogen (secondary N) is 2. The Balaban J connectivity index is 0.00000243. The SMILES string of the molecule is CN=C(NCCCn1cccn1)NCc1c(O)ccc2c1CCCC2.I. The molecule has 0 saturated carbocycles. The van der Waals surface area contributed by atoms with Crippen LogP contribution in [0.25, 0.3) is 0 Å². The maximum atomic E-state index is 10.3. The Labute approximate surface area is 172 Å². The Morgan fingerprint density at radius 3 is 2.88 bits per heavy atom. The molecule has 0 unspecified atom stereocenters. The van der Waals surface area contributed by atoms with Gasteiger partial charge in [-0.2, -0.15) is 5.10 Å². The van der Waals surface area contributed by atoms with E-state index in [2.05, 4.69) is 26.8 Å². The molecule has 142 valence electrons. The van der Waals surface area contributed by atoms with Crippen LogP contribution in [0.5, 0.6) is 5.75 Å². The first-order chi connectivity index (χ1) is 12.3. The van der Waals surface area contributed by atoms with Gasteiger partial charge in [-0.3, -0.25) is 9.67 Å². The average Bonchev–Trinajstić information content (AvgIpc) is 3.16. The van der Waals surface area contributed by atoms with Crippen LogP contribution < -0.4 is 10.6 Å². The van der Waals surface area contributed by atoms with Crippen molar-refractivity contribution < 1.29 is 5.11 Å². The number of rotatable bonds is 6. The number of benzene rings is 1. The van der Waals surface area contributed by atoms with Gasteiger partial charge in [-0.15, -0.1) is 24.0 Å². The molecule has 0 saturated heterocycles. The molecule has 3 N–H and O–H groups in total. The monoisotopic (exact) mass is 469 g/mol. The van der Waals surface area contributed by atoms with Gasteiger partial charge < -0.3 is 15.7 Å². The molecule has 0 atom stereocenters. The minimum Gasteiger partial charge on any atom is -0.508 e. The molecule has 0 amide bonds. The highest BCUT2D eigenvalue weighted by Gasteiger charge is 2.16. The summed E-state index contributed by atoms with van der Waals surface area (Å²) in [5.41, 5.74) is 3.70. The van der Waals surface area contributed by atoms with E-state index in [1.54, 1.807) is 13.2 Å². The number of phenols is 1. The van der Waals surface area contributed by atoms with Gasteiger partial charge in [-0.1, -0.05) is 6.07 Å². The number of nitrogens with zero attached hydrogens (tertiary/aromatic N) is 3. The van der Waals surface area contributed by atoms with Crippen molar-refractivity contribution in [1.82, 2.24) is 20.4 Å². The number of hydrogen-bond acceptors (Lipinski definition) is 3. The lowest BCUT2D eigenvalue weighted by Crippen LogP contribution is -2.37. The van der Waals surface area contributed by atoms with Gasteiger partial charge in [0.05, 0.1) is 0 Å². The number of aromatic hydroxyl groups is 1. The molecule has 1 aliphatic rings. The van der Waals surface area contributed by atoms with E-state index in [4.69, 9.17) is 0 Å². The van der Waals surface area contributed by atoms with Crippen LogP contribution in [0.4, 0.5) is 0 Å². The number of fused-ring (bicyclic) bond motifs is 1. The third kappa shape index (κ3) is 5.36. The maximum Gasteiger partial charge on any atom is 0.191 e. The molecular formula is C19H28IN5O. The van der Waals surface area contributed by atoms with Crippen LogP contribution in [0, 0.1) is 0 Å². The fourth-order valence-corrected chi connectivity index (χ4v) is 3.36. The van der Waals surface area contributed by atoms with Gasteiger partial charge in [0.25, 0.3) is 0 Å². The smallest absolute Gasteiger partial charge is 0.191 e. The van der Waals surface area contributed by atoms with Gasteiger partial charge in [0, 0.05) is 44.6 Å². The highest BCUT2D eigenvalue weighted by Crippen LogP contribution is 2.30. The first-order valence-electron chi connectivity index (χ1n) is 9.02. The zero-order chi connectivity index (χ0) is 17.5. The Morgan fingerprint density at radius 1 is 1.27 bits per heavy atom. The molecule has 0 spiro atoms. The van der Waals surface area contributed by atoms with Crippen LogP contribution in [-0.2, 0) is 25.9 Å². The van der Waals surface area contributed by atoms with Crippen LogP contribution in [-0.4, -0.2) is 34.4 Å². The van der Waals surface area contributed by atoms with E-state index in [1.807, 2.05) is 23.0 Å². The topological polar surface area (TPSA) is 74.5 Å². The van der Waals surface area contributed by atoms with Gasteiger partial charge in [0.15, 0.2) is 5.96 Å². The molecule has 1 aromatic heterocycles. The van der Waals surface area contributed by atoms with E-state index in [0.29, 0.717) is 12.3 Å². The van der Waals surface area contributed by atoms with Gasteiger partial charge in [-0.25, -0.2) is 0 Å². The van der Waals surface area contributed by atoms with Crippen LogP contribution in [0.3, 0.4) is 0 Å². The summed E-state index contributed by atoms with van der Waals surface area (Å²) in [6, 6.07) is 5.82. The van der Waals surface area contributed by atoms with Crippen molar-refractivity contribution in [3.05, 3.63) is 47.3 Å². The molecule has 2 aromatic rings. The summed E-state index contributed by atoms with van der Waals surface area (Å²) in [7, 11) is 1.77. The van der Waals surface area contributed by atoms with Crippen molar-refractivity contribution >= 4 is 29.9 Å². The van der Waals surface area contributed by atoms with E-state index < -0.39 is 0 Å². The number of aryl methyl sites for hydroxylation is 2. The second-order valence-corrected chi connectivity index (χ2v) is 6.38. The van der Waals surface area contributed by atoms with E-state index in [0.717, 1.165) is 43.9 Å². The molecular weight excluding hydrogens is 441 g/mol. The molecule has 3 rings (SSSR count). The highest BCUT2D eigenvalue weighted by atomic mass is 127. The van der Waals surface area contributed by atoms with Gasteiger partial charge >= 0.3 is 0 Å². The molecule has 1 aliphatic carbocycles. The predicted molar refractivity (Wildman–Crippen MR) is 115 cm³/mol. The quantitative estimate of drug-likeness (QED) is 0.263. The Hall–Kier alpha value is -1.77. The molecule has 0 fully saturated rings. The third-order valence-electron chi connectivity index (χ3n) is 4.70. The van der Waals surface area contributed by atoms with E-state index in [9.17, 15) is 5.11 Å².